The first-order valence-electron chi connectivity index (χ1n) is 5.12. The number of aliphatic hydroxyl groups is 1. The Morgan fingerprint density at radius 3 is 2.74 bits per heavy atom. The number of ether oxygens (including phenoxy) is 1. The summed E-state index contributed by atoms with van der Waals surface area (Å²) in [6, 6.07) is 1.87. The van der Waals surface area contributed by atoms with E-state index in [-0.39, 0.29) is 50.2 Å². The molecular formula is C10H11N6O2Re-. The van der Waals surface area contributed by atoms with E-state index in [1.54, 1.807) is 13.8 Å². The first-order chi connectivity index (χ1) is 8.40. The standard InChI is InChI=1S/C10H11N6O2.Re/c1-10(2,17)4-18-8-6-5(3-11)15-16-7(6)13-9(12)14-8;/h17H,4H2,1-2H3,(H2-,12,13,14,15,16);/q-1;. The van der Waals surface area contributed by atoms with E-state index in [1.165, 1.54) is 0 Å². The van der Waals surface area contributed by atoms with Crippen molar-refractivity contribution in [3.05, 3.63) is 5.69 Å². The van der Waals surface area contributed by atoms with E-state index in [4.69, 9.17) is 15.7 Å². The van der Waals surface area contributed by atoms with Crippen LogP contribution in [0.2, 0.25) is 0 Å². The van der Waals surface area contributed by atoms with Crippen molar-refractivity contribution >= 4 is 17.0 Å². The fourth-order valence-corrected chi connectivity index (χ4v) is 1.30. The number of anilines is 1. The maximum atomic E-state index is 9.60. The van der Waals surface area contributed by atoms with E-state index in [2.05, 4.69) is 20.2 Å². The molecule has 0 saturated heterocycles. The topological polar surface area (TPSA) is 132 Å². The van der Waals surface area contributed by atoms with Gasteiger partial charge in [-0.1, -0.05) is 0 Å². The fraction of sp³-hybridized carbons (Fsp3) is 0.400. The Bertz CT molecular complexity index is 627. The molecule has 2 heterocycles. The zero-order valence-electron chi connectivity index (χ0n) is 10.3. The Morgan fingerprint density at radius 1 is 1.47 bits per heavy atom. The van der Waals surface area contributed by atoms with Crippen LogP contribution in [0.25, 0.3) is 11.0 Å². The Balaban J connectivity index is 0.00000180. The number of nitriles is 1. The molecule has 19 heavy (non-hydrogen) atoms. The summed E-state index contributed by atoms with van der Waals surface area (Å²) in [5, 5.41) is 26.2. The average molecular weight is 433 g/mol. The molecule has 3 N–H and O–H groups in total. The molecule has 2 aromatic rings. The number of aromatic nitrogens is 4. The third-order valence-corrected chi connectivity index (χ3v) is 2.02. The SMILES string of the molecule is CC(C)(O)COc1nc(N)nc2[n-]nc(C#N)c12.[Re]. The molecule has 0 aliphatic rings. The third kappa shape index (κ3) is 3.38. The van der Waals surface area contributed by atoms with Gasteiger partial charge in [0.2, 0.25) is 5.88 Å². The first-order valence-corrected chi connectivity index (χ1v) is 5.12. The third-order valence-electron chi connectivity index (χ3n) is 2.02. The molecular weight excluding hydrogens is 422 g/mol. The molecule has 1 radical (unpaired) electrons. The predicted octanol–water partition coefficient (Wildman–Crippen LogP) is -0.417. The second-order valence-electron chi connectivity index (χ2n) is 4.35. The van der Waals surface area contributed by atoms with Gasteiger partial charge in [0.15, 0.2) is 5.69 Å². The van der Waals surface area contributed by atoms with Gasteiger partial charge in [0.05, 0.1) is 11.0 Å². The van der Waals surface area contributed by atoms with E-state index >= 15 is 0 Å². The van der Waals surface area contributed by atoms with Crippen molar-refractivity contribution in [1.82, 2.24) is 20.2 Å². The summed E-state index contributed by atoms with van der Waals surface area (Å²) in [7, 11) is 0. The van der Waals surface area contributed by atoms with E-state index in [0.29, 0.717) is 5.39 Å². The normalized spacial score (nSPS) is 10.8. The zero-order valence-corrected chi connectivity index (χ0v) is 13.0. The molecule has 2 rings (SSSR count). The minimum Gasteiger partial charge on any atom is -0.474 e. The maximum absolute atomic E-state index is 9.60. The van der Waals surface area contributed by atoms with Crippen LogP contribution in [-0.4, -0.2) is 32.4 Å². The minimum atomic E-state index is -1.04. The molecule has 2 aromatic heterocycles. The summed E-state index contributed by atoms with van der Waals surface area (Å²) < 4.78 is 5.35. The summed E-state index contributed by atoms with van der Waals surface area (Å²) in [5.74, 6) is 0.0683. The Labute approximate surface area is 122 Å². The van der Waals surface area contributed by atoms with E-state index < -0.39 is 5.60 Å². The molecule has 0 amide bonds. The second kappa shape index (κ2) is 5.49. The number of hydrogen-bond donors (Lipinski definition) is 2. The molecule has 0 spiro atoms. The number of hydrogen-bond acceptors (Lipinski definition) is 7. The smallest absolute Gasteiger partial charge is 0.225 e. The van der Waals surface area contributed by atoms with Gasteiger partial charge >= 0.3 is 0 Å². The number of nitrogen functional groups attached to an aromatic ring is 1. The molecule has 0 unspecified atom stereocenters. The van der Waals surface area contributed by atoms with Crippen molar-refractivity contribution in [3.8, 4) is 11.9 Å². The van der Waals surface area contributed by atoms with Crippen molar-refractivity contribution in [2.45, 2.75) is 19.4 Å². The van der Waals surface area contributed by atoms with Gasteiger partial charge in [-0.05, 0) is 19.5 Å². The van der Waals surface area contributed by atoms with Crippen LogP contribution in [0, 0.1) is 11.3 Å². The second-order valence-corrected chi connectivity index (χ2v) is 4.35. The van der Waals surface area contributed by atoms with Gasteiger partial charge in [0, 0.05) is 20.4 Å². The van der Waals surface area contributed by atoms with E-state index in [9.17, 15) is 5.11 Å². The minimum absolute atomic E-state index is 0. The molecule has 0 aliphatic carbocycles. The molecule has 0 bridgehead atoms. The van der Waals surface area contributed by atoms with Gasteiger partial charge in [-0.3, -0.25) is 0 Å². The molecule has 0 aromatic carbocycles. The van der Waals surface area contributed by atoms with Crippen LogP contribution < -0.4 is 15.6 Å². The number of nitrogens with two attached hydrogens (primary N) is 1. The van der Waals surface area contributed by atoms with Crippen LogP contribution in [0.4, 0.5) is 5.95 Å². The molecule has 0 saturated carbocycles. The molecule has 101 valence electrons. The average Bonchev–Trinajstić information content (AvgIpc) is 2.67. The Hall–Kier alpha value is -1.74. The summed E-state index contributed by atoms with van der Waals surface area (Å²) in [6.45, 7) is 3.16. The van der Waals surface area contributed by atoms with Crippen LogP contribution >= 0.6 is 0 Å². The summed E-state index contributed by atoms with van der Waals surface area (Å²) in [5.41, 5.74) is 4.73. The van der Waals surface area contributed by atoms with Crippen molar-refractivity contribution in [2.75, 3.05) is 12.3 Å². The van der Waals surface area contributed by atoms with Crippen molar-refractivity contribution in [2.24, 2.45) is 0 Å². The van der Waals surface area contributed by atoms with Crippen LogP contribution in [-0.2, 0) is 20.4 Å². The molecule has 0 atom stereocenters. The first kappa shape index (κ1) is 15.3. The predicted molar refractivity (Wildman–Crippen MR) is 61.6 cm³/mol. The molecule has 0 aliphatic heterocycles. The van der Waals surface area contributed by atoms with Crippen LogP contribution in [0.15, 0.2) is 0 Å². The van der Waals surface area contributed by atoms with Gasteiger partial charge < -0.3 is 25.7 Å². The summed E-state index contributed by atoms with van der Waals surface area (Å²) in [6.07, 6.45) is 0. The van der Waals surface area contributed by atoms with Gasteiger partial charge in [-0.15, -0.1) is 0 Å². The summed E-state index contributed by atoms with van der Waals surface area (Å²) >= 11 is 0. The maximum Gasteiger partial charge on any atom is 0.225 e. The number of fused-ring (bicyclic) bond motifs is 1. The number of rotatable bonds is 3. The van der Waals surface area contributed by atoms with Gasteiger partial charge in [0.1, 0.15) is 18.6 Å². The van der Waals surface area contributed by atoms with Crippen LogP contribution in [0.1, 0.15) is 19.5 Å². The number of nitrogens with zero attached hydrogens (tertiary/aromatic N) is 5. The van der Waals surface area contributed by atoms with Gasteiger partial charge in [-0.25, -0.2) is 5.10 Å². The Morgan fingerprint density at radius 2 is 2.16 bits per heavy atom. The van der Waals surface area contributed by atoms with Gasteiger partial charge in [-0.2, -0.15) is 10.2 Å². The molecule has 8 nitrogen and oxygen atoms in total. The molecule has 0 fully saturated rings. The zero-order chi connectivity index (χ0) is 13.3. The van der Waals surface area contributed by atoms with Crippen LogP contribution in [0.5, 0.6) is 5.88 Å². The monoisotopic (exact) mass is 434 g/mol. The Kier molecular flexibility index (Phi) is 4.43. The largest absolute Gasteiger partial charge is 0.474 e. The van der Waals surface area contributed by atoms with Crippen LogP contribution in [0.3, 0.4) is 0 Å². The van der Waals surface area contributed by atoms with Crippen molar-refractivity contribution in [3.63, 3.8) is 0 Å². The van der Waals surface area contributed by atoms with Crippen molar-refractivity contribution < 1.29 is 30.3 Å². The quantitative estimate of drug-likeness (QED) is 0.667. The molecule has 9 heteroatoms. The van der Waals surface area contributed by atoms with E-state index in [0.717, 1.165) is 0 Å². The van der Waals surface area contributed by atoms with Crippen molar-refractivity contribution in [1.29, 1.82) is 5.26 Å². The van der Waals surface area contributed by atoms with Gasteiger partial charge in [0.25, 0.3) is 0 Å². The summed E-state index contributed by atoms with van der Waals surface area (Å²) in [4.78, 5) is 7.74. The fourth-order valence-electron chi connectivity index (χ4n) is 1.30. The van der Waals surface area contributed by atoms with E-state index in [1.807, 2.05) is 6.07 Å².